The Morgan fingerprint density at radius 3 is 3.00 bits per heavy atom. The molecule has 1 N–H and O–H groups in total. The largest absolute Gasteiger partial charge is 0.380 e. The van der Waals surface area contributed by atoms with E-state index in [1.807, 2.05) is 13.8 Å². The maximum Gasteiger partial charge on any atom is 0.259 e. The smallest absolute Gasteiger partial charge is 0.259 e. The van der Waals surface area contributed by atoms with E-state index in [0.29, 0.717) is 24.1 Å². The van der Waals surface area contributed by atoms with Crippen LogP contribution in [-0.4, -0.2) is 37.6 Å². The summed E-state index contributed by atoms with van der Waals surface area (Å²) in [5.74, 6) is 0.418. The molecule has 0 radical (unpaired) electrons. The summed E-state index contributed by atoms with van der Waals surface area (Å²) in [7, 11) is -3.70. The van der Waals surface area contributed by atoms with Crippen molar-refractivity contribution in [2.45, 2.75) is 18.9 Å². The lowest BCUT2D eigenvalue weighted by Crippen LogP contribution is -2.29. The molecular formula is C11H16ClN3O3S2. The van der Waals surface area contributed by atoms with Crippen molar-refractivity contribution in [3.63, 3.8) is 0 Å². The number of fused-ring (bicyclic) bond motifs is 1. The van der Waals surface area contributed by atoms with Gasteiger partial charge in [0, 0.05) is 24.7 Å². The van der Waals surface area contributed by atoms with Crippen molar-refractivity contribution in [3.05, 3.63) is 16.7 Å². The Kier molecular flexibility index (Phi) is 5.03. The van der Waals surface area contributed by atoms with Gasteiger partial charge in [-0.05, 0) is 5.92 Å². The fraction of sp³-hybridized carbons (Fsp3) is 0.545. The van der Waals surface area contributed by atoms with Gasteiger partial charge in [-0.15, -0.1) is 11.3 Å². The molecule has 9 heteroatoms. The molecule has 0 aliphatic rings. The van der Waals surface area contributed by atoms with Crippen molar-refractivity contribution in [1.82, 2.24) is 14.1 Å². The average molecular weight is 338 g/mol. The number of halogens is 1. The number of nitrogens with one attached hydrogen (secondary N) is 1. The SMILES string of the molecule is CC(C)COCCNS(=O)(=O)c1c(Cl)nc2sccn12. The molecule has 0 atom stereocenters. The highest BCUT2D eigenvalue weighted by atomic mass is 35.5. The highest BCUT2D eigenvalue weighted by Gasteiger charge is 2.24. The minimum absolute atomic E-state index is 0.0209. The van der Waals surface area contributed by atoms with Gasteiger partial charge in [-0.3, -0.25) is 4.40 Å². The molecule has 2 aromatic rings. The molecule has 0 aliphatic heterocycles. The van der Waals surface area contributed by atoms with Gasteiger partial charge in [-0.1, -0.05) is 25.4 Å². The Hall–Kier alpha value is -0.670. The lowest BCUT2D eigenvalue weighted by molar-refractivity contribution is 0.114. The first-order valence-electron chi connectivity index (χ1n) is 6.10. The maximum absolute atomic E-state index is 12.2. The maximum atomic E-state index is 12.2. The van der Waals surface area contributed by atoms with Crippen molar-refractivity contribution in [3.8, 4) is 0 Å². The second kappa shape index (κ2) is 6.40. The van der Waals surface area contributed by atoms with E-state index in [9.17, 15) is 8.42 Å². The van der Waals surface area contributed by atoms with E-state index in [4.69, 9.17) is 16.3 Å². The predicted molar refractivity (Wildman–Crippen MR) is 78.9 cm³/mol. The average Bonchev–Trinajstić information content (AvgIpc) is 2.86. The molecule has 0 fully saturated rings. The number of thiazole rings is 1. The molecule has 0 saturated heterocycles. The van der Waals surface area contributed by atoms with E-state index in [1.54, 1.807) is 11.6 Å². The molecule has 2 aromatic heterocycles. The molecule has 20 heavy (non-hydrogen) atoms. The summed E-state index contributed by atoms with van der Waals surface area (Å²) in [5.41, 5.74) is 0. The molecule has 0 aromatic carbocycles. The summed E-state index contributed by atoms with van der Waals surface area (Å²) in [6.07, 6.45) is 1.63. The minimum Gasteiger partial charge on any atom is -0.380 e. The van der Waals surface area contributed by atoms with Gasteiger partial charge in [0.1, 0.15) is 0 Å². The number of aromatic nitrogens is 2. The third-order valence-corrected chi connectivity index (χ3v) is 5.04. The number of sulfonamides is 1. The topological polar surface area (TPSA) is 72.7 Å². The van der Waals surface area contributed by atoms with Gasteiger partial charge in [-0.25, -0.2) is 18.1 Å². The van der Waals surface area contributed by atoms with Crippen LogP contribution in [0.2, 0.25) is 5.15 Å². The number of ether oxygens (including phenoxy) is 1. The molecule has 2 rings (SSSR count). The zero-order chi connectivity index (χ0) is 14.8. The zero-order valence-corrected chi connectivity index (χ0v) is 13.6. The summed E-state index contributed by atoms with van der Waals surface area (Å²) in [4.78, 5) is 4.55. The Bertz CT molecular complexity index is 678. The molecule has 0 saturated carbocycles. The van der Waals surface area contributed by atoms with Gasteiger partial charge in [0.05, 0.1) is 6.61 Å². The van der Waals surface area contributed by atoms with E-state index < -0.39 is 10.0 Å². The summed E-state index contributed by atoms with van der Waals surface area (Å²) in [6.45, 7) is 5.18. The second-order valence-electron chi connectivity index (χ2n) is 4.63. The van der Waals surface area contributed by atoms with Gasteiger partial charge in [0.15, 0.2) is 15.1 Å². The second-order valence-corrected chi connectivity index (χ2v) is 7.54. The van der Waals surface area contributed by atoms with Crippen molar-refractivity contribution in [2.75, 3.05) is 19.8 Å². The van der Waals surface area contributed by atoms with Crippen LogP contribution in [0.15, 0.2) is 16.6 Å². The van der Waals surface area contributed by atoms with Crippen molar-refractivity contribution in [1.29, 1.82) is 0 Å². The standard InChI is InChI=1S/C11H16ClN3O3S2/c1-8(2)7-18-5-3-13-20(16,17)10-9(12)14-11-15(10)4-6-19-11/h4,6,8,13H,3,5,7H2,1-2H3. The van der Waals surface area contributed by atoms with Crippen LogP contribution in [0.4, 0.5) is 0 Å². The monoisotopic (exact) mass is 337 g/mol. The normalized spacial score (nSPS) is 12.6. The Morgan fingerprint density at radius 2 is 2.30 bits per heavy atom. The fourth-order valence-corrected chi connectivity index (χ4v) is 4.07. The summed E-state index contributed by atoms with van der Waals surface area (Å²) in [5, 5.41) is 1.70. The number of hydrogen-bond acceptors (Lipinski definition) is 5. The fourth-order valence-electron chi connectivity index (χ4n) is 1.61. The highest BCUT2D eigenvalue weighted by Crippen LogP contribution is 2.24. The molecule has 0 aliphatic carbocycles. The number of rotatable bonds is 7. The van der Waals surface area contributed by atoms with Gasteiger partial charge >= 0.3 is 0 Å². The Morgan fingerprint density at radius 1 is 1.55 bits per heavy atom. The van der Waals surface area contributed by atoms with Crippen LogP contribution < -0.4 is 4.72 Å². The van der Waals surface area contributed by atoms with Crippen LogP contribution in [0.3, 0.4) is 0 Å². The van der Waals surface area contributed by atoms with Gasteiger partial charge in [0.2, 0.25) is 0 Å². The number of imidazole rings is 1. The van der Waals surface area contributed by atoms with Gasteiger partial charge < -0.3 is 4.74 Å². The number of nitrogens with zero attached hydrogens (tertiary/aromatic N) is 2. The predicted octanol–water partition coefficient (Wildman–Crippen LogP) is 2.00. The molecule has 0 unspecified atom stereocenters. The summed E-state index contributed by atoms with van der Waals surface area (Å²) < 4.78 is 33.7. The molecule has 6 nitrogen and oxygen atoms in total. The molecule has 112 valence electrons. The zero-order valence-electron chi connectivity index (χ0n) is 11.2. The van der Waals surface area contributed by atoms with Crippen LogP contribution >= 0.6 is 22.9 Å². The Balaban J connectivity index is 2.03. The third kappa shape index (κ3) is 3.50. The third-order valence-electron chi connectivity index (χ3n) is 2.42. The van der Waals surface area contributed by atoms with Crippen molar-refractivity contribution in [2.24, 2.45) is 5.92 Å². The lowest BCUT2D eigenvalue weighted by atomic mass is 10.2. The van der Waals surface area contributed by atoms with Crippen LogP contribution in [0.1, 0.15) is 13.8 Å². The van der Waals surface area contributed by atoms with E-state index in [0.717, 1.165) is 0 Å². The van der Waals surface area contributed by atoms with Gasteiger partial charge in [-0.2, -0.15) is 0 Å². The van der Waals surface area contributed by atoms with E-state index in [-0.39, 0.29) is 16.7 Å². The molecule has 0 bridgehead atoms. The summed E-state index contributed by atoms with van der Waals surface area (Å²) in [6, 6.07) is 0. The van der Waals surface area contributed by atoms with E-state index >= 15 is 0 Å². The minimum atomic E-state index is -3.70. The van der Waals surface area contributed by atoms with E-state index in [2.05, 4.69) is 9.71 Å². The first kappa shape index (κ1) is 15.7. The first-order valence-corrected chi connectivity index (χ1v) is 8.84. The molecule has 0 amide bonds. The van der Waals surface area contributed by atoms with Crippen LogP contribution in [0.5, 0.6) is 0 Å². The van der Waals surface area contributed by atoms with Crippen LogP contribution in [-0.2, 0) is 14.8 Å². The Labute approximate surface area is 126 Å². The lowest BCUT2D eigenvalue weighted by Gasteiger charge is -2.08. The highest BCUT2D eigenvalue weighted by molar-refractivity contribution is 7.89. The van der Waals surface area contributed by atoms with Crippen LogP contribution in [0, 0.1) is 5.92 Å². The molecule has 0 spiro atoms. The van der Waals surface area contributed by atoms with Crippen LogP contribution in [0.25, 0.3) is 4.96 Å². The quantitative estimate of drug-likeness (QED) is 0.784. The van der Waals surface area contributed by atoms with Gasteiger partial charge in [0.25, 0.3) is 10.0 Å². The van der Waals surface area contributed by atoms with E-state index in [1.165, 1.54) is 15.7 Å². The van der Waals surface area contributed by atoms with Crippen molar-refractivity contribution < 1.29 is 13.2 Å². The first-order chi connectivity index (χ1) is 9.42. The molecule has 2 heterocycles. The number of hydrogen-bond donors (Lipinski definition) is 1. The summed E-state index contributed by atoms with van der Waals surface area (Å²) >= 11 is 7.22. The molecular weight excluding hydrogens is 322 g/mol. The van der Waals surface area contributed by atoms with Crippen molar-refractivity contribution >= 4 is 37.9 Å².